The highest BCUT2D eigenvalue weighted by Crippen LogP contribution is 2.22. The van der Waals surface area contributed by atoms with Crippen molar-refractivity contribution in [1.29, 1.82) is 0 Å². The van der Waals surface area contributed by atoms with Crippen molar-refractivity contribution in [3.05, 3.63) is 28.8 Å². The van der Waals surface area contributed by atoms with E-state index >= 15 is 0 Å². The molecule has 116 valence electrons. The third-order valence-electron chi connectivity index (χ3n) is 2.91. The number of carboxylic acid groups (broad SMARTS) is 1. The molecular weight excluding hydrogens is 294 g/mol. The van der Waals surface area contributed by atoms with E-state index in [0.29, 0.717) is 10.8 Å². The van der Waals surface area contributed by atoms with Gasteiger partial charge in [-0.15, -0.1) is 0 Å². The van der Waals surface area contributed by atoms with Crippen molar-refractivity contribution in [1.82, 2.24) is 5.32 Å². The van der Waals surface area contributed by atoms with Crippen LogP contribution in [-0.4, -0.2) is 29.6 Å². The second kappa shape index (κ2) is 6.80. The summed E-state index contributed by atoms with van der Waals surface area (Å²) in [4.78, 5) is 23.0. The number of carboxylic acids is 1. The molecular formula is C15H20ClNO4. The van der Waals surface area contributed by atoms with Gasteiger partial charge in [0.15, 0.2) is 6.61 Å². The zero-order valence-corrected chi connectivity index (χ0v) is 13.3. The van der Waals surface area contributed by atoms with Gasteiger partial charge in [-0.3, -0.25) is 4.79 Å². The van der Waals surface area contributed by atoms with E-state index in [2.05, 4.69) is 5.32 Å². The number of rotatable bonds is 5. The molecule has 6 heteroatoms. The van der Waals surface area contributed by atoms with Crippen LogP contribution in [0.4, 0.5) is 0 Å². The third-order valence-corrected chi connectivity index (χ3v) is 3.15. The molecule has 0 unspecified atom stereocenters. The average molecular weight is 314 g/mol. The van der Waals surface area contributed by atoms with E-state index in [-0.39, 0.29) is 6.61 Å². The van der Waals surface area contributed by atoms with Crippen LogP contribution in [0.3, 0.4) is 0 Å². The molecule has 0 saturated carbocycles. The topological polar surface area (TPSA) is 75.6 Å². The Hall–Kier alpha value is -1.75. The van der Waals surface area contributed by atoms with Crippen molar-refractivity contribution in [2.24, 2.45) is 5.41 Å². The standard InChI is InChI=1S/C15H20ClNO4/c1-9-7-10(16)5-6-11(9)21-8-12(18)17-13(14(19)20)15(2,3)4/h5-7,13H,8H2,1-4H3,(H,17,18)(H,19,20)/t13-/m1/s1. The molecule has 0 aliphatic rings. The first kappa shape index (κ1) is 17.3. The fourth-order valence-corrected chi connectivity index (χ4v) is 2.00. The Bertz CT molecular complexity index is 537. The number of carbonyl (C=O) groups excluding carboxylic acids is 1. The summed E-state index contributed by atoms with van der Waals surface area (Å²) in [7, 11) is 0. The third kappa shape index (κ3) is 5.27. The number of aliphatic carboxylic acids is 1. The number of hydrogen-bond acceptors (Lipinski definition) is 3. The fraction of sp³-hybridized carbons (Fsp3) is 0.467. The van der Waals surface area contributed by atoms with Crippen molar-refractivity contribution in [2.75, 3.05) is 6.61 Å². The van der Waals surface area contributed by atoms with Crippen LogP contribution in [-0.2, 0) is 9.59 Å². The number of benzene rings is 1. The minimum absolute atomic E-state index is 0.248. The normalized spacial score (nSPS) is 12.6. The first-order chi connectivity index (χ1) is 9.61. The van der Waals surface area contributed by atoms with Gasteiger partial charge in [0.1, 0.15) is 11.8 Å². The van der Waals surface area contributed by atoms with Crippen LogP contribution in [0.1, 0.15) is 26.3 Å². The summed E-state index contributed by atoms with van der Waals surface area (Å²) in [5.41, 5.74) is 0.221. The number of nitrogens with one attached hydrogen (secondary N) is 1. The van der Waals surface area contributed by atoms with Crippen molar-refractivity contribution < 1.29 is 19.4 Å². The maximum Gasteiger partial charge on any atom is 0.326 e. The van der Waals surface area contributed by atoms with Crippen LogP contribution in [0, 0.1) is 12.3 Å². The molecule has 0 fully saturated rings. The van der Waals surface area contributed by atoms with Crippen molar-refractivity contribution in [3.8, 4) is 5.75 Å². The van der Waals surface area contributed by atoms with Gasteiger partial charge in [-0.25, -0.2) is 4.79 Å². The highest BCUT2D eigenvalue weighted by molar-refractivity contribution is 6.30. The first-order valence-corrected chi connectivity index (χ1v) is 6.90. The highest BCUT2D eigenvalue weighted by atomic mass is 35.5. The minimum Gasteiger partial charge on any atom is -0.484 e. The molecule has 1 aromatic rings. The zero-order chi connectivity index (χ0) is 16.2. The quantitative estimate of drug-likeness (QED) is 0.876. The van der Waals surface area contributed by atoms with Gasteiger partial charge in [0.2, 0.25) is 0 Å². The largest absolute Gasteiger partial charge is 0.484 e. The summed E-state index contributed by atoms with van der Waals surface area (Å²) >= 11 is 5.83. The molecule has 0 saturated heterocycles. The molecule has 0 heterocycles. The number of amides is 1. The Morgan fingerprint density at radius 3 is 2.48 bits per heavy atom. The molecule has 1 atom stereocenters. The smallest absolute Gasteiger partial charge is 0.326 e. The summed E-state index contributed by atoms with van der Waals surface area (Å²) in [6, 6.07) is 4.09. The molecule has 0 radical (unpaired) electrons. The fourth-order valence-electron chi connectivity index (χ4n) is 1.77. The molecule has 0 aromatic heterocycles. The summed E-state index contributed by atoms with van der Waals surface area (Å²) in [5.74, 6) is -1.01. The van der Waals surface area contributed by atoms with E-state index in [1.54, 1.807) is 39.0 Å². The Morgan fingerprint density at radius 2 is 2.00 bits per heavy atom. The lowest BCUT2D eigenvalue weighted by atomic mass is 9.87. The van der Waals surface area contributed by atoms with E-state index < -0.39 is 23.3 Å². The summed E-state index contributed by atoms with van der Waals surface area (Å²) in [5, 5.41) is 12.2. The van der Waals surface area contributed by atoms with Gasteiger partial charge in [0.05, 0.1) is 0 Å². The van der Waals surface area contributed by atoms with Gasteiger partial charge >= 0.3 is 5.97 Å². The van der Waals surface area contributed by atoms with E-state index in [1.807, 2.05) is 6.92 Å². The van der Waals surface area contributed by atoms with Gasteiger partial charge in [0.25, 0.3) is 5.91 Å². The maximum atomic E-state index is 11.8. The molecule has 21 heavy (non-hydrogen) atoms. The number of halogens is 1. The van der Waals surface area contributed by atoms with E-state index in [9.17, 15) is 9.59 Å². The van der Waals surface area contributed by atoms with E-state index in [0.717, 1.165) is 5.56 Å². The molecule has 1 aromatic carbocycles. The Balaban J connectivity index is 2.63. The average Bonchev–Trinajstić information content (AvgIpc) is 2.33. The monoisotopic (exact) mass is 313 g/mol. The summed E-state index contributed by atoms with van der Waals surface area (Å²) in [6.45, 7) is 6.81. The van der Waals surface area contributed by atoms with Crippen LogP contribution in [0.2, 0.25) is 5.02 Å². The second-order valence-electron chi connectivity index (χ2n) is 5.90. The van der Waals surface area contributed by atoms with Gasteiger partial charge < -0.3 is 15.2 Å². The predicted molar refractivity (Wildman–Crippen MR) is 80.7 cm³/mol. The minimum atomic E-state index is -1.07. The SMILES string of the molecule is Cc1cc(Cl)ccc1OCC(=O)N[C@H](C(=O)O)C(C)(C)C. The van der Waals surface area contributed by atoms with Crippen LogP contribution in [0.5, 0.6) is 5.75 Å². The molecule has 2 N–H and O–H groups in total. The lowest BCUT2D eigenvalue weighted by molar-refractivity contribution is -0.145. The lowest BCUT2D eigenvalue weighted by Crippen LogP contribution is -2.50. The summed E-state index contributed by atoms with van der Waals surface area (Å²) < 4.78 is 5.38. The van der Waals surface area contributed by atoms with Crippen molar-refractivity contribution in [2.45, 2.75) is 33.7 Å². The van der Waals surface area contributed by atoms with Crippen LogP contribution in [0.25, 0.3) is 0 Å². The predicted octanol–water partition coefficient (Wildman–Crippen LogP) is 2.64. The van der Waals surface area contributed by atoms with E-state index in [1.165, 1.54) is 0 Å². The molecule has 1 rings (SSSR count). The molecule has 5 nitrogen and oxygen atoms in total. The molecule has 0 spiro atoms. The summed E-state index contributed by atoms with van der Waals surface area (Å²) in [6.07, 6.45) is 0. The van der Waals surface area contributed by atoms with Crippen molar-refractivity contribution in [3.63, 3.8) is 0 Å². The van der Waals surface area contributed by atoms with Crippen LogP contribution < -0.4 is 10.1 Å². The van der Waals surface area contributed by atoms with Crippen LogP contribution >= 0.6 is 11.6 Å². The zero-order valence-electron chi connectivity index (χ0n) is 12.6. The van der Waals surface area contributed by atoms with Gasteiger partial charge in [0, 0.05) is 5.02 Å². The number of carbonyl (C=O) groups is 2. The Morgan fingerprint density at radius 1 is 1.38 bits per heavy atom. The number of hydrogen-bond donors (Lipinski definition) is 2. The van der Waals surface area contributed by atoms with Gasteiger partial charge in [-0.05, 0) is 36.1 Å². The van der Waals surface area contributed by atoms with Gasteiger partial charge in [-0.1, -0.05) is 32.4 Å². The van der Waals surface area contributed by atoms with E-state index in [4.69, 9.17) is 21.4 Å². The van der Waals surface area contributed by atoms with Gasteiger partial charge in [-0.2, -0.15) is 0 Å². The number of ether oxygens (including phenoxy) is 1. The maximum absolute atomic E-state index is 11.8. The highest BCUT2D eigenvalue weighted by Gasteiger charge is 2.32. The first-order valence-electron chi connectivity index (χ1n) is 6.52. The number of aryl methyl sites for hydroxylation is 1. The molecule has 1 amide bonds. The van der Waals surface area contributed by atoms with Crippen molar-refractivity contribution >= 4 is 23.5 Å². The lowest BCUT2D eigenvalue weighted by Gasteiger charge is -2.27. The molecule has 0 aliphatic heterocycles. The Labute approximate surface area is 129 Å². The molecule has 0 bridgehead atoms. The second-order valence-corrected chi connectivity index (χ2v) is 6.34. The van der Waals surface area contributed by atoms with Crippen LogP contribution in [0.15, 0.2) is 18.2 Å². The Kier molecular flexibility index (Phi) is 5.61. The molecule has 0 aliphatic carbocycles.